The van der Waals surface area contributed by atoms with E-state index in [9.17, 15) is 4.79 Å². The lowest BCUT2D eigenvalue weighted by molar-refractivity contribution is 0.256. The van der Waals surface area contributed by atoms with Crippen molar-refractivity contribution < 1.29 is 4.79 Å². The van der Waals surface area contributed by atoms with Crippen molar-refractivity contribution in [2.75, 3.05) is 4.90 Å². The number of nitrogens with zero attached hydrogens (tertiary/aromatic N) is 2. The van der Waals surface area contributed by atoms with Crippen LogP contribution in [0.4, 0.5) is 16.2 Å². The summed E-state index contributed by atoms with van der Waals surface area (Å²) in [5, 5.41) is 0.477. The number of carbonyl (C=O) groups excluding carboxylic acids is 1. The highest BCUT2D eigenvalue weighted by Crippen LogP contribution is 2.34. The van der Waals surface area contributed by atoms with E-state index in [1.807, 2.05) is 19.1 Å². The summed E-state index contributed by atoms with van der Waals surface area (Å²) in [6.07, 6.45) is 3.19. The summed E-state index contributed by atoms with van der Waals surface area (Å²) in [6.45, 7) is 1.87. The fraction of sp³-hybridized carbons (Fsp3) is 0.0769. The molecule has 2 N–H and O–H groups in total. The second kappa shape index (κ2) is 5.06. The van der Waals surface area contributed by atoms with Crippen molar-refractivity contribution in [3.63, 3.8) is 0 Å². The number of primary amides is 1. The molecule has 1 heterocycles. The van der Waals surface area contributed by atoms with Gasteiger partial charge in [-0.3, -0.25) is 9.88 Å². The second-order valence-corrected chi connectivity index (χ2v) is 4.19. The number of halogens is 1. The summed E-state index contributed by atoms with van der Waals surface area (Å²) in [7, 11) is 0. The Kier molecular flexibility index (Phi) is 3.48. The Balaban J connectivity index is 2.60. The van der Waals surface area contributed by atoms with Gasteiger partial charge in [0.1, 0.15) is 0 Å². The van der Waals surface area contributed by atoms with Gasteiger partial charge in [-0.15, -0.1) is 0 Å². The van der Waals surface area contributed by atoms with Crippen LogP contribution in [0.5, 0.6) is 0 Å². The van der Waals surface area contributed by atoms with Crippen molar-refractivity contribution >= 4 is 29.0 Å². The quantitative estimate of drug-likeness (QED) is 0.902. The van der Waals surface area contributed by atoms with E-state index in [-0.39, 0.29) is 0 Å². The third-order valence-electron chi connectivity index (χ3n) is 2.55. The summed E-state index contributed by atoms with van der Waals surface area (Å²) in [4.78, 5) is 17.0. The number of para-hydroxylation sites is 1. The first kappa shape index (κ1) is 12.4. The number of hydrogen-bond acceptors (Lipinski definition) is 2. The number of amides is 2. The molecule has 1 aromatic heterocycles. The number of nitrogens with two attached hydrogens (primary N) is 1. The SMILES string of the molecule is Cc1cccc(Cl)c1N(C(N)=O)c1ccncc1. The maximum atomic E-state index is 11.7. The molecule has 5 heteroatoms. The molecule has 2 aromatic rings. The summed E-state index contributed by atoms with van der Waals surface area (Å²) in [5.74, 6) is 0. The van der Waals surface area contributed by atoms with Crippen LogP contribution in [-0.4, -0.2) is 11.0 Å². The predicted molar refractivity (Wildman–Crippen MR) is 72.1 cm³/mol. The lowest BCUT2D eigenvalue weighted by Crippen LogP contribution is -2.32. The first-order chi connectivity index (χ1) is 8.61. The number of hydrogen-bond donors (Lipinski definition) is 1. The Morgan fingerprint density at radius 1 is 1.28 bits per heavy atom. The molecule has 4 nitrogen and oxygen atoms in total. The Bertz CT molecular complexity index is 551. The van der Waals surface area contributed by atoms with Gasteiger partial charge in [0.15, 0.2) is 0 Å². The zero-order valence-corrected chi connectivity index (χ0v) is 10.6. The molecule has 0 fully saturated rings. The number of rotatable bonds is 2. The highest BCUT2D eigenvalue weighted by Gasteiger charge is 2.19. The predicted octanol–water partition coefficient (Wildman–Crippen LogP) is 3.26. The van der Waals surface area contributed by atoms with Crippen LogP contribution in [0, 0.1) is 6.92 Å². The van der Waals surface area contributed by atoms with Gasteiger partial charge >= 0.3 is 6.03 Å². The smallest absolute Gasteiger partial charge is 0.323 e. The molecule has 0 radical (unpaired) electrons. The number of pyridine rings is 1. The highest BCUT2D eigenvalue weighted by atomic mass is 35.5. The normalized spacial score (nSPS) is 10.1. The molecule has 2 amide bonds. The van der Waals surface area contributed by atoms with E-state index in [2.05, 4.69) is 4.98 Å². The zero-order chi connectivity index (χ0) is 13.1. The number of benzene rings is 1. The van der Waals surface area contributed by atoms with Crippen molar-refractivity contribution in [3.8, 4) is 0 Å². The third-order valence-corrected chi connectivity index (χ3v) is 2.86. The average Bonchev–Trinajstić information content (AvgIpc) is 2.34. The molecule has 2 rings (SSSR count). The maximum absolute atomic E-state index is 11.7. The van der Waals surface area contributed by atoms with Gasteiger partial charge in [0.2, 0.25) is 0 Å². The summed E-state index contributed by atoms with van der Waals surface area (Å²) < 4.78 is 0. The maximum Gasteiger partial charge on any atom is 0.323 e. The lowest BCUT2D eigenvalue weighted by Gasteiger charge is -2.23. The van der Waals surface area contributed by atoms with E-state index in [1.54, 1.807) is 30.6 Å². The highest BCUT2D eigenvalue weighted by molar-refractivity contribution is 6.34. The minimum absolute atomic E-state index is 0.477. The van der Waals surface area contributed by atoms with Crippen LogP contribution >= 0.6 is 11.6 Å². The molecule has 18 heavy (non-hydrogen) atoms. The van der Waals surface area contributed by atoms with E-state index in [0.717, 1.165) is 5.56 Å². The Morgan fingerprint density at radius 3 is 2.50 bits per heavy atom. The molecule has 0 spiro atoms. The largest absolute Gasteiger partial charge is 0.351 e. The fourth-order valence-electron chi connectivity index (χ4n) is 1.77. The van der Waals surface area contributed by atoms with Crippen LogP contribution in [0.25, 0.3) is 0 Å². The third kappa shape index (κ3) is 2.28. The van der Waals surface area contributed by atoms with Gasteiger partial charge in [-0.1, -0.05) is 23.7 Å². The van der Waals surface area contributed by atoms with Crippen molar-refractivity contribution in [1.29, 1.82) is 0 Å². The minimum Gasteiger partial charge on any atom is -0.351 e. The summed E-state index contributed by atoms with van der Waals surface area (Å²) in [5.41, 5.74) is 7.55. The van der Waals surface area contributed by atoms with Crippen LogP contribution in [-0.2, 0) is 0 Å². The first-order valence-electron chi connectivity index (χ1n) is 5.36. The second-order valence-electron chi connectivity index (χ2n) is 3.78. The molecule has 0 aliphatic carbocycles. The Labute approximate surface area is 110 Å². The van der Waals surface area contributed by atoms with Gasteiger partial charge in [0.05, 0.1) is 16.4 Å². The molecule has 0 saturated carbocycles. The minimum atomic E-state index is -0.586. The Morgan fingerprint density at radius 2 is 1.94 bits per heavy atom. The number of aryl methyl sites for hydroxylation is 1. The van der Waals surface area contributed by atoms with Gasteiger partial charge in [0, 0.05) is 12.4 Å². The van der Waals surface area contributed by atoms with Gasteiger partial charge < -0.3 is 5.73 Å². The molecular formula is C13H12ClN3O. The molecule has 0 atom stereocenters. The van der Waals surface area contributed by atoms with E-state index >= 15 is 0 Å². The van der Waals surface area contributed by atoms with Crippen molar-refractivity contribution in [3.05, 3.63) is 53.3 Å². The number of carbonyl (C=O) groups is 1. The molecule has 0 saturated heterocycles. The van der Waals surface area contributed by atoms with Crippen molar-refractivity contribution in [2.24, 2.45) is 5.73 Å². The van der Waals surface area contributed by atoms with Gasteiger partial charge in [-0.05, 0) is 30.7 Å². The topological polar surface area (TPSA) is 59.2 Å². The first-order valence-corrected chi connectivity index (χ1v) is 5.73. The van der Waals surface area contributed by atoms with E-state index in [0.29, 0.717) is 16.4 Å². The monoisotopic (exact) mass is 261 g/mol. The van der Waals surface area contributed by atoms with E-state index in [4.69, 9.17) is 17.3 Å². The molecular weight excluding hydrogens is 250 g/mol. The van der Waals surface area contributed by atoms with Crippen LogP contribution in [0.1, 0.15) is 5.56 Å². The van der Waals surface area contributed by atoms with E-state index in [1.165, 1.54) is 4.90 Å². The number of urea groups is 1. The molecule has 0 aliphatic heterocycles. The van der Waals surface area contributed by atoms with Crippen molar-refractivity contribution in [2.45, 2.75) is 6.92 Å². The fourth-order valence-corrected chi connectivity index (χ4v) is 2.07. The number of aromatic nitrogens is 1. The molecule has 0 bridgehead atoms. The van der Waals surface area contributed by atoms with Crippen LogP contribution < -0.4 is 10.6 Å². The van der Waals surface area contributed by atoms with Gasteiger partial charge in [-0.25, -0.2) is 4.79 Å². The Hall–Kier alpha value is -2.07. The van der Waals surface area contributed by atoms with Crippen molar-refractivity contribution in [1.82, 2.24) is 4.98 Å². The van der Waals surface area contributed by atoms with Crippen LogP contribution in [0.3, 0.4) is 0 Å². The zero-order valence-electron chi connectivity index (χ0n) is 9.80. The molecule has 0 unspecified atom stereocenters. The number of anilines is 2. The molecule has 0 aliphatic rings. The average molecular weight is 262 g/mol. The lowest BCUT2D eigenvalue weighted by atomic mass is 10.1. The summed E-state index contributed by atoms with van der Waals surface area (Å²) in [6, 6.07) is 8.24. The molecule has 1 aromatic carbocycles. The van der Waals surface area contributed by atoms with E-state index < -0.39 is 6.03 Å². The van der Waals surface area contributed by atoms with Crippen LogP contribution in [0.2, 0.25) is 5.02 Å². The van der Waals surface area contributed by atoms with Crippen LogP contribution in [0.15, 0.2) is 42.7 Å². The molecule has 92 valence electrons. The van der Waals surface area contributed by atoms with Gasteiger partial charge in [0.25, 0.3) is 0 Å². The summed E-state index contributed by atoms with van der Waals surface area (Å²) >= 11 is 6.15. The van der Waals surface area contributed by atoms with Gasteiger partial charge in [-0.2, -0.15) is 0 Å². The standard InChI is InChI=1S/C13H12ClN3O/c1-9-3-2-4-11(14)12(9)17(13(15)18)10-5-7-16-8-6-10/h2-8H,1H3,(H2,15,18).